The number of hydrogen-bond donors (Lipinski definition) is 0. The lowest BCUT2D eigenvalue weighted by Crippen LogP contribution is -2.48. The van der Waals surface area contributed by atoms with Crippen LogP contribution < -0.4 is 0 Å². The molecule has 20 heavy (non-hydrogen) atoms. The van der Waals surface area contributed by atoms with Gasteiger partial charge in [0.2, 0.25) is 0 Å². The highest BCUT2D eigenvalue weighted by atomic mass is 16.5. The Morgan fingerprint density at radius 3 is 2.40 bits per heavy atom. The molecule has 0 radical (unpaired) electrons. The minimum atomic E-state index is -0.442. The van der Waals surface area contributed by atoms with Crippen molar-refractivity contribution in [1.29, 1.82) is 0 Å². The number of rotatable bonds is 5. The topological polar surface area (TPSA) is 29.5 Å². The number of hydrogen-bond acceptors (Lipinski definition) is 3. The Kier molecular flexibility index (Phi) is 5.18. The molecule has 3 heteroatoms. The molecule has 1 heterocycles. The molecule has 3 nitrogen and oxygen atoms in total. The summed E-state index contributed by atoms with van der Waals surface area (Å²) in [5, 5.41) is 0. The molecule has 0 unspecified atom stereocenters. The zero-order valence-corrected chi connectivity index (χ0v) is 12.6. The maximum atomic E-state index is 12.6. The van der Waals surface area contributed by atoms with E-state index in [1.165, 1.54) is 0 Å². The van der Waals surface area contributed by atoms with Gasteiger partial charge in [-0.05, 0) is 44.5 Å². The average molecular weight is 275 g/mol. The van der Waals surface area contributed by atoms with E-state index in [1.54, 1.807) is 0 Å². The first kappa shape index (κ1) is 15.0. The second-order valence-electron chi connectivity index (χ2n) is 5.52. The lowest BCUT2D eigenvalue weighted by atomic mass is 9.72. The molecule has 110 valence electrons. The third-order valence-corrected chi connectivity index (χ3v) is 4.31. The molecule has 1 saturated heterocycles. The van der Waals surface area contributed by atoms with Gasteiger partial charge in [0, 0.05) is 0 Å². The van der Waals surface area contributed by atoms with Crippen molar-refractivity contribution in [3.63, 3.8) is 0 Å². The highest BCUT2D eigenvalue weighted by Crippen LogP contribution is 2.36. The molecule has 1 aromatic rings. The molecule has 0 aliphatic carbocycles. The van der Waals surface area contributed by atoms with Gasteiger partial charge in [-0.25, -0.2) is 0 Å². The number of ether oxygens (including phenoxy) is 1. The van der Waals surface area contributed by atoms with Crippen molar-refractivity contribution in [3.05, 3.63) is 35.9 Å². The van der Waals surface area contributed by atoms with E-state index in [9.17, 15) is 4.79 Å². The second kappa shape index (κ2) is 6.89. The van der Waals surface area contributed by atoms with Gasteiger partial charge in [-0.1, -0.05) is 44.2 Å². The maximum Gasteiger partial charge on any atom is 0.316 e. The van der Waals surface area contributed by atoms with E-state index in [0.29, 0.717) is 6.61 Å². The largest absolute Gasteiger partial charge is 0.465 e. The van der Waals surface area contributed by atoms with Gasteiger partial charge >= 0.3 is 5.97 Å². The van der Waals surface area contributed by atoms with E-state index in [-0.39, 0.29) is 5.97 Å². The summed E-state index contributed by atoms with van der Waals surface area (Å²) in [5.74, 6) is -0.0405. The summed E-state index contributed by atoms with van der Waals surface area (Å²) in [7, 11) is 0. The number of carbonyl (C=O) groups is 1. The molecule has 0 bridgehead atoms. The third kappa shape index (κ3) is 3.04. The zero-order chi connectivity index (χ0) is 14.4. The molecule has 0 amide bonds. The Morgan fingerprint density at radius 2 is 1.85 bits per heavy atom. The predicted molar refractivity (Wildman–Crippen MR) is 80.7 cm³/mol. The van der Waals surface area contributed by atoms with E-state index in [0.717, 1.165) is 44.5 Å². The fourth-order valence-corrected chi connectivity index (χ4v) is 2.95. The highest BCUT2D eigenvalue weighted by molar-refractivity contribution is 5.83. The van der Waals surface area contributed by atoms with Crippen LogP contribution in [-0.4, -0.2) is 37.1 Å². The lowest BCUT2D eigenvalue weighted by Gasteiger charge is -2.40. The molecule has 0 atom stereocenters. The molecule has 0 N–H and O–H groups in total. The smallest absolute Gasteiger partial charge is 0.316 e. The third-order valence-electron chi connectivity index (χ3n) is 4.31. The summed E-state index contributed by atoms with van der Waals surface area (Å²) in [5.41, 5.74) is 0.666. The summed E-state index contributed by atoms with van der Waals surface area (Å²) in [4.78, 5) is 15.0. The average Bonchev–Trinajstić information content (AvgIpc) is 2.53. The normalized spacial score (nSPS) is 18.7. The molecular weight excluding hydrogens is 250 g/mol. The zero-order valence-electron chi connectivity index (χ0n) is 12.6. The molecule has 0 spiro atoms. The van der Waals surface area contributed by atoms with Gasteiger partial charge in [0.1, 0.15) is 0 Å². The van der Waals surface area contributed by atoms with Crippen molar-refractivity contribution in [1.82, 2.24) is 4.90 Å². The van der Waals surface area contributed by atoms with Crippen LogP contribution in [0.3, 0.4) is 0 Å². The van der Waals surface area contributed by atoms with Gasteiger partial charge in [-0.2, -0.15) is 0 Å². The van der Waals surface area contributed by atoms with Gasteiger partial charge in [0.05, 0.1) is 12.0 Å². The van der Waals surface area contributed by atoms with E-state index in [1.807, 2.05) is 25.1 Å². The Labute approximate surface area is 121 Å². The lowest BCUT2D eigenvalue weighted by molar-refractivity contribution is -0.153. The number of piperidine rings is 1. The van der Waals surface area contributed by atoms with Crippen molar-refractivity contribution in [2.75, 3.05) is 26.2 Å². The van der Waals surface area contributed by atoms with Crippen LogP contribution in [0, 0.1) is 0 Å². The van der Waals surface area contributed by atoms with Crippen molar-refractivity contribution in [2.45, 2.75) is 38.5 Å². The van der Waals surface area contributed by atoms with Crippen LogP contribution in [0.2, 0.25) is 0 Å². The van der Waals surface area contributed by atoms with Crippen molar-refractivity contribution < 1.29 is 9.53 Å². The number of esters is 1. The highest BCUT2D eigenvalue weighted by Gasteiger charge is 2.43. The van der Waals surface area contributed by atoms with Crippen LogP contribution in [0.1, 0.15) is 38.7 Å². The fourth-order valence-electron chi connectivity index (χ4n) is 2.95. The quantitative estimate of drug-likeness (QED) is 0.774. The van der Waals surface area contributed by atoms with E-state index in [4.69, 9.17) is 4.74 Å². The van der Waals surface area contributed by atoms with Crippen LogP contribution in [-0.2, 0) is 14.9 Å². The molecule has 2 rings (SSSR count). The first-order valence-corrected chi connectivity index (χ1v) is 7.68. The summed E-state index contributed by atoms with van der Waals surface area (Å²) >= 11 is 0. The molecule has 0 aromatic heterocycles. The minimum Gasteiger partial charge on any atom is -0.465 e. The number of nitrogens with zero attached hydrogens (tertiary/aromatic N) is 1. The summed E-state index contributed by atoms with van der Waals surface area (Å²) < 4.78 is 5.50. The predicted octanol–water partition coefficient (Wildman–Crippen LogP) is 2.99. The van der Waals surface area contributed by atoms with Gasteiger partial charge in [-0.3, -0.25) is 4.79 Å². The first-order valence-electron chi connectivity index (χ1n) is 7.68. The molecule has 0 saturated carbocycles. The summed E-state index contributed by atoms with van der Waals surface area (Å²) in [6, 6.07) is 10.1. The molecular formula is C17H25NO2. The van der Waals surface area contributed by atoms with Crippen LogP contribution in [0.4, 0.5) is 0 Å². The summed E-state index contributed by atoms with van der Waals surface area (Å²) in [6.45, 7) is 7.70. The van der Waals surface area contributed by atoms with Crippen molar-refractivity contribution in [2.24, 2.45) is 0 Å². The second-order valence-corrected chi connectivity index (χ2v) is 5.52. The van der Waals surface area contributed by atoms with Crippen molar-refractivity contribution in [3.8, 4) is 0 Å². The summed E-state index contributed by atoms with van der Waals surface area (Å²) in [6.07, 6.45) is 2.58. The maximum absolute atomic E-state index is 12.6. The number of benzene rings is 1. The monoisotopic (exact) mass is 275 g/mol. The van der Waals surface area contributed by atoms with Gasteiger partial charge in [0.15, 0.2) is 0 Å². The standard InChI is InChI=1S/C17H25NO2/c1-3-14-20-16(19)17(15-8-6-5-7-9-15)10-12-18(4-2)13-11-17/h5-9H,3-4,10-14H2,1-2H3. The van der Waals surface area contributed by atoms with Crippen LogP contribution in [0.5, 0.6) is 0 Å². The SMILES string of the molecule is CCCOC(=O)C1(c2ccccc2)CCN(CC)CC1. The van der Waals surface area contributed by atoms with Crippen LogP contribution in [0.15, 0.2) is 30.3 Å². The molecule has 1 aromatic carbocycles. The Bertz CT molecular complexity index is 422. The Morgan fingerprint density at radius 1 is 1.20 bits per heavy atom. The van der Waals surface area contributed by atoms with Gasteiger partial charge in [-0.15, -0.1) is 0 Å². The number of carbonyl (C=O) groups excluding carboxylic acids is 1. The van der Waals surface area contributed by atoms with E-state index in [2.05, 4.69) is 24.0 Å². The Balaban J connectivity index is 2.23. The van der Waals surface area contributed by atoms with Gasteiger partial charge in [0.25, 0.3) is 0 Å². The molecule has 1 aliphatic heterocycles. The van der Waals surface area contributed by atoms with Crippen LogP contribution >= 0.6 is 0 Å². The molecule has 1 fully saturated rings. The first-order chi connectivity index (χ1) is 9.73. The van der Waals surface area contributed by atoms with E-state index >= 15 is 0 Å². The van der Waals surface area contributed by atoms with E-state index < -0.39 is 5.41 Å². The van der Waals surface area contributed by atoms with Crippen molar-refractivity contribution >= 4 is 5.97 Å². The minimum absolute atomic E-state index is 0.0405. The Hall–Kier alpha value is -1.35. The van der Waals surface area contributed by atoms with Gasteiger partial charge < -0.3 is 9.64 Å². The molecule has 1 aliphatic rings. The van der Waals surface area contributed by atoms with Crippen LogP contribution in [0.25, 0.3) is 0 Å². The fraction of sp³-hybridized carbons (Fsp3) is 0.588. The number of likely N-dealkylation sites (tertiary alicyclic amines) is 1.